The number of hydrogen-bond acceptors (Lipinski definition) is 7. The van der Waals surface area contributed by atoms with E-state index in [0.29, 0.717) is 12.2 Å². The van der Waals surface area contributed by atoms with Crippen LogP contribution in [0.5, 0.6) is 17.2 Å². The third kappa shape index (κ3) is 7.95. The highest BCUT2D eigenvalue weighted by molar-refractivity contribution is 7.92. The van der Waals surface area contributed by atoms with Crippen LogP contribution in [0, 0.1) is 6.92 Å². The Labute approximate surface area is 264 Å². The van der Waals surface area contributed by atoms with E-state index in [9.17, 15) is 18.0 Å². The van der Waals surface area contributed by atoms with Crippen LogP contribution in [0.1, 0.15) is 38.3 Å². The number of sulfonamides is 1. The molecule has 0 saturated carbocycles. The molecule has 3 rings (SSSR count). The van der Waals surface area contributed by atoms with Gasteiger partial charge in [-0.15, -0.1) is 0 Å². The number of benzene rings is 3. The summed E-state index contributed by atoms with van der Waals surface area (Å²) >= 11 is 6.32. The lowest BCUT2D eigenvalue weighted by atomic mass is 10.1. The molecular weight excluding hydrogens is 606 g/mol. The molecule has 238 valence electrons. The normalized spacial score (nSPS) is 12.5. The molecule has 0 aromatic heterocycles. The number of ether oxygens (including phenoxy) is 3. The van der Waals surface area contributed by atoms with Crippen LogP contribution in [0.3, 0.4) is 0 Å². The summed E-state index contributed by atoms with van der Waals surface area (Å²) in [5, 5.41) is 3.16. The van der Waals surface area contributed by atoms with Gasteiger partial charge >= 0.3 is 0 Å². The number of halogens is 1. The summed E-state index contributed by atoms with van der Waals surface area (Å²) in [6.45, 7) is 6.79. The van der Waals surface area contributed by atoms with Gasteiger partial charge in [-0.3, -0.25) is 13.9 Å². The van der Waals surface area contributed by atoms with Crippen molar-refractivity contribution in [3.05, 3.63) is 76.8 Å². The third-order valence-electron chi connectivity index (χ3n) is 7.40. The van der Waals surface area contributed by atoms with E-state index >= 15 is 0 Å². The summed E-state index contributed by atoms with van der Waals surface area (Å²) in [4.78, 5) is 28.8. The van der Waals surface area contributed by atoms with Gasteiger partial charge in [-0.1, -0.05) is 42.8 Å². The smallest absolute Gasteiger partial charge is 0.265 e. The van der Waals surface area contributed by atoms with E-state index in [2.05, 4.69) is 5.32 Å². The molecular formula is C32H40ClN3O7S. The molecule has 2 unspecified atom stereocenters. The van der Waals surface area contributed by atoms with Crippen LogP contribution < -0.4 is 23.8 Å². The fourth-order valence-electron chi connectivity index (χ4n) is 4.49. The largest absolute Gasteiger partial charge is 0.495 e. The summed E-state index contributed by atoms with van der Waals surface area (Å²) in [6, 6.07) is 15.1. The minimum absolute atomic E-state index is 0.0516. The number of nitrogens with one attached hydrogen (secondary N) is 1. The molecule has 10 nitrogen and oxygen atoms in total. The molecule has 0 radical (unpaired) electrons. The van der Waals surface area contributed by atoms with E-state index in [4.69, 9.17) is 25.8 Å². The first-order chi connectivity index (χ1) is 20.9. The molecule has 1 N–H and O–H groups in total. The second kappa shape index (κ2) is 15.2. The fraction of sp³-hybridized carbons (Fsp3) is 0.375. The summed E-state index contributed by atoms with van der Waals surface area (Å²) in [5.74, 6) is -0.254. The molecule has 0 spiro atoms. The highest BCUT2D eigenvalue weighted by Crippen LogP contribution is 2.37. The number of anilines is 1. The molecule has 0 heterocycles. The molecule has 3 aromatic rings. The summed E-state index contributed by atoms with van der Waals surface area (Å²) in [7, 11) is -0.204. The van der Waals surface area contributed by atoms with Gasteiger partial charge in [0, 0.05) is 23.7 Å². The quantitative estimate of drug-likeness (QED) is 0.256. The lowest BCUT2D eigenvalue weighted by molar-refractivity contribution is -0.139. The van der Waals surface area contributed by atoms with E-state index in [1.54, 1.807) is 13.0 Å². The van der Waals surface area contributed by atoms with Crippen molar-refractivity contribution in [1.29, 1.82) is 0 Å². The highest BCUT2D eigenvalue weighted by Gasteiger charge is 2.34. The Balaban J connectivity index is 2.15. The molecule has 2 amide bonds. The summed E-state index contributed by atoms with van der Waals surface area (Å²) < 4.78 is 45.7. The van der Waals surface area contributed by atoms with Crippen molar-refractivity contribution in [2.75, 3.05) is 32.2 Å². The van der Waals surface area contributed by atoms with Crippen molar-refractivity contribution in [2.24, 2.45) is 0 Å². The van der Waals surface area contributed by atoms with E-state index in [1.165, 1.54) is 56.6 Å². The Morgan fingerprint density at radius 1 is 0.909 bits per heavy atom. The molecule has 2 atom stereocenters. The van der Waals surface area contributed by atoms with Crippen LogP contribution >= 0.6 is 11.6 Å². The summed E-state index contributed by atoms with van der Waals surface area (Å²) in [5.41, 5.74) is 1.79. The number of carbonyl (C=O) groups excluding carboxylic acids is 2. The molecule has 0 fully saturated rings. The maximum Gasteiger partial charge on any atom is 0.265 e. The number of rotatable bonds is 14. The number of amides is 2. The van der Waals surface area contributed by atoms with E-state index < -0.39 is 28.5 Å². The van der Waals surface area contributed by atoms with Crippen LogP contribution in [0.2, 0.25) is 5.02 Å². The topological polar surface area (TPSA) is 114 Å². The van der Waals surface area contributed by atoms with E-state index in [1.807, 2.05) is 45.0 Å². The zero-order chi connectivity index (χ0) is 32.6. The van der Waals surface area contributed by atoms with Crippen LogP contribution in [-0.2, 0) is 26.2 Å². The Morgan fingerprint density at radius 3 is 2.16 bits per heavy atom. The Bertz CT molecular complexity index is 1580. The zero-order valence-electron chi connectivity index (χ0n) is 26.1. The third-order valence-corrected chi connectivity index (χ3v) is 9.39. The van der Waals surface area contributed by atoms with Crippen molar-refractivity contribution in [2.45, 2.75) is 57.6 Å². The summed E-state index contributed by atoms with van der Waals surface area (Å²) in [6.07, 6.45) is 0.704. The van der Waals surface area contributed by atoms with Gasteiger partial charge in [0.05, 0.1) is 31.9 Å². The zero-order valence-corrected chi connectivity index (χ0v) is 27.7. The highest BCUT2D eigenvalue weighted by atomic mass is 35.5. The first-order valence-corrected chi connectivity index (χ1v) is 15.9. The van der Waals surface area contributed by atoms with Crippen LogP contribution in [-0.4, -0.2) is 65.1 Å². The predicted molar refractivity (Wildman–Crippen MR) is 171 cm³/mol. The average Bonchev–Trinajstić information content (AvgIpc) is 3.02. The Morgan fingerprint density at radius 2 is 1.55 bits per heavy atom. The number of hydrogen-bond donors (Lipinski definition) is 1. The first kappa shape index (κ1) is 34.5. The van der Waals surface area contributed by atoms with Crippen LogP contribution in [0.15, 0.2) is 65.6 Å². The SMILES string of the molecule is CCC(C)NC(=O)C(C)N(Cc1ccccc1C)C(=O)CN(c1cc(Cl)ccc1OC)S(=O)(=O)c1ccc(OC)c(OC)c1. The van der Waals surface area contributed by atoms with Crippen LogP contribution in [0.25, 0.3) is 0 Å². The van der Waals surface area contributed by atoms with Gasteiger partial charge in [-0.25, -0.2) is 8.42 Å². The Kier molecular flexibility index (Phi) is 11.9. The lowest BCUT2D eigenvalue weighted by Gasteiger charge is -2.33. The minimum atomic E-state index is -4.43. The number of methoxy groups -OCH3 is 3. The predicted octanol–water partition coefficient (Wildman–Crippen LogP) is 5.20. The van der Waals surface area contributed by atoms with Crippen molar-refractivity contribution in [1.82, 2.24) is 10.2 Å². The average molecular weight is 646 g/mol. The van der Waals surface area contributed by atoms with Crippen LogP contribution in [0.4, 0.5) is 5.69 Å². The number of aryl methyl sites for hydroxylation is 1. The van der Waals surface area contributed by atoms with Gasteiger partial charge in [0.15, 0.2) is 11.5 Å². The molecule has 0 aliphatic carbocycles. The van der Waals surface area contributed by atoms with Gasteiger partial charge in [-0.05, 0) is 68.7 Å². The van der Waals surface area contributed by atoms with Crippen molar-refractivity contribution < 1.29 is 32.2 Å². The monoisotopic (exact) mass is 645 g/mol. The van der Waals surface area contributed by atoms with Gasteiger partial charge < -0.3 is 24.4 Å². The molecule has 3 aromatic carbocycles. The maximum atomic E-state index is 14.3. The van der Waals surface area contributed by atoms with Crippen molar-refractivity contribution >= 4 is 39.1 Å². The van der Waals surface area contributed by atoms with Gasteiger partial charge in [-0.2, -0.15) is 0 Å². The van der Waals surface area contributed by atoms with Gasteiger partial charge in [0.25, 0.3) is 10.0 Å². The second-order valence-electron chi connectivity index (χ2n) is 10.3. The molecule has 0 saturated heterocycles. The van der Waals surface area contributed by atoms with Gasteiger partial charge in [0.1, 0.15) is 18.3 Å². The van der Waals surface area contributed by atoms with Crippen molar-refractivity contribution in [3.8, 4) is 17.2 Å². The first-order valence-electron chi connectivity index (χ1n) is 14.1. The van der Waals surface area contributed by atoms with Crippen molar-refractivity contribution in [3.63, 3.8) is 0 Å². The molecule has 0 aliphatic heterocycles. The molecule has 0 aliphatic rings. The Hall–Kier alpha value is -3.96. The lowest BCUT2D eigenvalue weighted by Crippen LogP contribution is -2.52. The standard InChI is InChI=1S/C32H40ClN3O7S/c1-8-22(3)34-32(38)23(4)35(19-24-12-10-9-11-21(24)2)31(37)20-36(27-17-25(33)13-15-28(27)41-5)44(39,40)26-14-16-29(42-6)30(18-26)43-7/h9-18,22-23H,8,19-20H2,1-7H3,(H,34,38). The maximum absolute atomic E-state index is 14.3. The molecule has 44 heavy (non-hydrogen) atoms. The van der Waals surface area contributed by atoms with Gasteiger partial charge in [0.2, 0.25) is 11.8 Å². The minimum Gasteiger partial charge on any atom is -0.495 e. The number of nitrogens with zero attached hydrogens (tertiary/aromatic N) is 2. The number of carbonyl (C=O) groups is 2. The molecule has 0 bridgehead atoms. The molecule has 12 heteroatoms. The van der Waals surface area contributed by atoms with E-state index in [-0.39, 0.29) is 45.6 Å². The fourth-order valence-corrected chi connectivity index (χ4v) is 6.09. The van der Waals surface area contributed by atoms with E-state index in [0.717, 1.165) is 15.4 Å². The second-order valence-corrected chi connectivity index (χ2v) is 12.6.